The molecule has 6 N–H and O–H groups in total. The fraction of sp³-hybridized carbons (Fsp3) is 0.556. The minimum absolute atomic E-state index is 0.0582. The third-order valence-electron chi connectivity index (χ3n) is 5.41. The van der Waals surface area contributed by atoms with Crippen LogP contribution in [0.15, 0.2) is 18.2 Å². The fourth-order valence-electron chi connectivity index (χ4n) is 3.81. The van der Waals surface area contributed by atoms with Crippen LogP contribution in [0.1, 0.15) is 49.1 Å². The van der Waals surface area contributed by atoms with Gasteiger partial charge in [0.25, 0.3) is 0 Å². The molecule has 1 aliphatic heterocycles. The molecule has 0 saturated heterocycles. The molecular formula is C18H26N4O2. The number of nitrogens with two attached hydrogens (primary N) is 2. The van der Waals surface area contributed by atoms with Gasteiger partial charge in [0.15, 0.2) is 0 Å². The lowest BCUT2D eigenvalue weighted by molar-refractivity contribution is -0.130. The Balaban J connectivity index is 1.58. The van der Waals surface area contributed by atoms with Crippen LogP contribution in [0.5, 0.6) is 5.75 Å². The molecule has 0 spiro atoms. The van der Waals surface area contributed by atoms with Gasteiger partial charge >= 0.3 is 0 Å². The van der Waals surface area contributed by atoms with Crippen molar-refractivity contribution in [1.29, 1.82) is 5.41 Å². The molecule has 6 nitrogen and oxygen atoms in total. The van der Waals surface area contributed by atoms with E-state index >= 15 is 0 Å². The SMILES string of the molecule is N=C(N)c1ccc2c(c1)C(CCNC(=O)C1(CN)CCCC1)CO2. The Morgan fingerprint density at radius 1 is 1.38 bits per heavy atom. The van der Waals surface area contributed by atoms with Gasteiger partial charge in [-0.15, -0.1) is 0 Å². The number of ether oxygens (including phenoxy) is 1. The summed E-state index contributed by atoms with van der Waals surface area (Å²) < 4.78 is 5.70. The molecule has 1 aromatic carbocycles. The van der Waals surface area contributed by atoms with Crippen LogP contribution in [0, 0.1) is 10.8 Å². The van der Waals surface area contributed by atoms with Gasteiger partial charge in [-0.25, -0.2) is 0 Å². The maximum atomic E-state index is 12.5. The Morgan fingerprint density at radius 3 is 2.79 bits per heavy atom. The van der Waals surface area contributed by atoms with Crippen molar-refractivity contribution in [2.24, 2.45) is 16.9 Å². The summed E-state index contributed by atoms with van der Waals surface area (Å²) in [5.41, 5.74) is 12.9. The minimum atomic E-state index is -0.355. The van der Waals surface area contributed by atoms with Crippen LogP contribution < -0.4 is 21.5 Å². The number of carbonyl (C=O) groups excluding carboxylic acids is 1. The van der Waals surface area contributed by atoms with E-state index in [4.69, 9.17) is 21.6 Å². The van der Waals surface area contributed by atoms with E-state index in [1.807, 2.05) is 12.1 Å². The lowest BCUT2D eigenvalue weighted by Crippen LogP contribution is -2.44. The van der Waals surface area contributed by atoms with E-state index in [1.165, 1.54) is 0 Å². The van der Waals surface area contributed by atoms with E-state index in [-0.39, 0.29) is 23.1 Å². The molecule has 1 saturated carbocycles. The van der Waals surface area contributed by atoms with Gasteiger partial charge in [-0.3, -0.25) is 10.2 Å². The second-order valence-electron chi connectivity index (χ2n) is 6.91. The summed E-state index contributed by atoms with van der Waals surface area (Å²) in [5, 5.41) is 10.6. The molecule has 0 bridgehead atoms. The van der Waals surface area contributed by atoms with Gasteiger partial charge < -0.3 is 21.5 Å². The molecule has 0 radical (unpaired) electrons. The van der Waals surface area contributed by atoms with Crippen LogP contribution >= 0.6 is 0 Å². The highest BCUT2D eigenvalue weighted by atomic mass is 16.5. The highest BCUT2D eigenvalue weighted by molar-refractivity contribution is 5.95. The number of amidine groups is 1. The van der Waals surface area contributed by atoms with E-state index in [0.717, 1.165) is 43.4 Å². The summed E-state index contributed by atoms with van der Waals surface area (Å²) in [4.78, 5) is 12.5. The van der Waals surface area contributed by atoms with Crippen molar-refractivity contribution in [3.05, 3.63) is 29.3 Å². The Bertz CT molecular complexity index is 638. The van der Waals surface area contributed by atoms with Crippen molar-refractivity contribution in [3.63, 3.8) is 0 Å². The standard InChI is InChI=1S/C18H26N4O2/c19-11-18(6-1-2-7-18)17(23)22-8-5-13-10-24-15-4-3-12(16(20)21)9-14(13)15/h3-4,9,13H,1-2,5-8,10-11,19H2,(H3,20,21)(H,22,23). The van der Waals surface area contributed by atoms with Crippen LogP contribution in [0.3, 0.4) is 0 Å². The predicted octanol–water partition coefficient (Wildman–Crippen LogP) is 1.47. The molecule has 3 rings (SSSR count). The smallest absolute Gasteiger partial charge is 0.227 e. The number of fused-ring (bicyclic) bond motifs is 1. The number of nitrogens with one attached hydrogen (secondary N) is 2. The van der Waals surface area contributed by atoms with Gasteiger partial charge in [-0.2, -0.15) is 0 Å². The summed E-state index contributed by atoms with van der Waals surface area (Å²) in [5.74, 6) is 1.23. The molecule has 1 heterocycles. The fourth-order valence-corrected chi connectivity index (χ4v) is 3.81. The number of amides is 1. The van der Waals surface area contributed by atoms with Gasteiger partial charge in [0.1, 0.15) is 11.6 Å². The van der Waals surface area contributed by atoms with Crippen molar-refractivity contribution in [3.8, 4) is 5.75 Å². The number of benzene rings is 1. The average Bonchev–Trinajstić information content (AvgIpc) is 3.22. The normalized spacial score (nSPS) is 21.1. The van der Waals surface area contributed by atoms with Gasteiger partial charge in [-0.05, 0) is 37.5 Å². The van der Waals surface area contributed by atoms with Crippen LogP contribution in [0.4, 0.5) is 0 Å². The molecule has 1 fully saturated rings. The molecule has 130 valence electrons. The molecule has 1 unspecified atom stereocenters. The van der Waals surface area contributed by atoms with Crippen molar-refractivity contribution >= 4 is 11.7 Å². The Kier molecular flexibility index (Phi) is 4.76. The first-order valence-corrected chi connectivity index (χ1v) is 8.65. The lowest BCUT2D eigenvalue weighted by atomic mass is 9.85. The number of carbonyl (C=O) groups is 1. The van der Waals surface area contributed by atoms with Crippen molar-refractivity contribution < 1.29 is 9.53 Å². The number of rotatable bonds is 6. The minimum Gasteiger partial charge on any atom is -0.493 e. The topological polar surface area (TPSA) is 114 Å². The molecule has 1 aliphatic carbocycles. The second kappa shape index (κ2) is 6.81. The zero-order chi connectivity index (χ0) is 17.2. The number of nitrogen functional groups attached to an aromatic ring is 1. The van der Waals surface area contributed by atoms with Crippen LogP contribution in [0.2, 0.25) is 0 Å². The largest absolute Gasteiger partial charge is 0.493 e. The molecular weight excluding hydrogens is 304 g/mol. The van der Waals surface area contributed by atoms with Crippen molar-refractivity contribution in [1.82, 2.24) is 5.32 Å². The van der Waals surface area contributed by atoms with E-state index in [9.17, 15) is 4.79 Å². The molecule has 1 aromatic rings. The van der Waals surface area contributed by atoms with Crippen LogP contribution in [0.25, 0.3) is 0 Å². The quantitative estimate of drug-likeness (QED) is 0.467. The van der Waals surface area contributed by atoms with Crippen molar-refractivity contribution in [2.45, 2.75) is 38.0 Å². The zero-order valence-electron chi connectivity index (χ0n) is 13.9. The van der Waals surface area contributed by atoms with Crippen LogP contribution in [-0.2, 0) is 4.79 Å². The Labute approximate surface area is 142 Å². The first-order valence-electron chi connectivity index (χ1n) is 8.65. The van der Waals surface area contributed by atoms with Crippen molar-refractivity contribution in [2.75, 3.05) is 19.7 Å². The van der Waals surface area contributed by atoms with Gasteiger partial charge in [0.05, 0.1) is 12.0 Å². The first kappa shape index (κ1) is 16.8. The molecule has 2 aliphatic rings. The summed E-state index contributed by atoms with van der Waals surface area (Å²) in [6.07, 6.45) is 4.77. The Morgan fingerprint density at radius 2 is 2.12 bits per heavy atom. The van der Waals surface area contributed by atoms with Gasteiger partial charge in [0, 0.05) is 30.1 Å². The summed E-state index contributed by atoms with van der Waals surface area (Å²) in [6.45, 7) is 1.64. The lowest BCUT2D eigenvalue weighted by Gasteiger charge is -2.26. The zero-order valence-corrected chi connectivity index (χ0v) is 13.9. The summed E-state index contributed by atoms with van der Waals surface area (Å²) >= 11 is 0. The molecule has 1 amide bonds. The maximum Gasteiger partial charge on any atom is 0.227 e. The average molecular weight is 330 g/mol. The van der Waals surface area contributed by atoms with Gasteiger partial charge in [0.2, 0.25) is 5.91 Å². The maximum absolute atomic E-state index is 12.5. The molecule has 1 atom stereocenters. The highest BCUT2D eigenvalue weighted by Crippen LogP contribution is 2.38. The molecule has 24 heavy (non-hydrogen) atoms. The predicted molar refractivity (Wildman–Crippen MR) is 93.3 cm³/mol. The highest BCUT2D eigenvalue weighted by Gasteiger charge is 2.39. The third kappa shape index (κ3) is 3.11. The number of hydrogen-bond acceptors (Lipinski definition) is 4. The number of hydrogen-bond donors (Lipinski definition) is 4. The molecule has 6 heteroatoms. The van der Waals surface area contributed by atoms with E-state index in [2.05, 4.69) is 5.32 Å². The van der Waals surface area contributed by atoms with Gasteiger partial charge in [-0.1, -0.05) is 12.8 Å². The first-order chi connectivity index (χ1) is 11.6. The van der Waals surface area contributed by atoms with E-state index < -0.39 is 0 Å². The second-order valence-corrected chi connectivity index (χ2v) is 6.91. The molecule has 0 aromatic heterocycles. The monoisotopic (exact) mass is 330 g/mol. The Hall–Kier alpha value is -2.08. The van der Waals surface area contributed by atoms with E-state index in [1.54, 1.807) is 6.07 Å². The van der Waals surface area contributed by atoms with Crippen LogP contribution in [-0.4, -0.2) is 31.4 Å². The summed E-state index contributed by atoms with van der Waals surface area (Å²) in [6, 6.07) is 5.60. The van der Waals surface area contributed by atoms with E-state index in [0.29, 0.717) is 25.3 Å². The summed E-state index contributed by atoms with van der Waals surface area (Å²) in [7, 11) is 0. The third-order valence-corrected chi connectivity index (χ3v) is 5.41.